The number of nitriles is 1. The van der Waals surface area contributed by atoms with E-state index in [0.29, 0.717) is 16.7 Å². The fraction of sp³-hybridized carbons (Fsp3) is 0.118. The standard InChI is InChI=1S/C17H14N4O2S/c1-11-12(2)20-16-9-14(7-8-15(16)19-11)21-24(22,23)17-6-4-3-5-13(17)10-18/h3-9,21H,1-2H3. The second-order valence-corrected chi connectivity index (χ2v) is 6.96. The average Bonchev–Trinajstić information content (AvgIpc) is 2.56. The lowest BCUT2D eigenvalue weighted by Crippen LogP contribution is -2.14. The Hall–Kier alpha value is -2.98. The summed E-state index contributed by atoms with van der Waals surface area (Å²) in [6.07, 6.45) is 0. The molecule has 24 heavy (non-hydrogen) atoms. The maximum atomic E-state index is 12.5. The van der Waals surface area contributed by atoms with Crippen LogP contribution in [0.1, 0.15) is 17.0 Å². The normalized spacial score (nSPS) is 11.2. The number of rotatable bonds is 3. The topological polar surface area (TPSA) is 95.7 Å². The Labute approximate surface area is 139 Å². The molecule has 0 unspecified atom stereocenters. The summed E-state index contributed by atoms with van der Waals surface area (Å²) in [6.45, 7) is 3.72. The summed E-state index contributed by atoms with van der Waals surface area (Å²) < 4.78 is 27.6. The molecule has 0 amide bonds. The van der Waals surface area contributed by atoms with Gasteiger partial charge in [-0.3, -0.25) is 4.72 Å². The Morgan fingerprint density at radius 1 is 1.00 bits per heavy atom. The molecule has 6 nitrogen and oxygen atoms in total. The fourth-order valence-corrected chi connectivity index (χ4v) is 3.51. The van der Waals surface area contributed by atoms with Crippen molar-refractivity contribution in [1.82, 2.24) is 9.97 Å². The van der Waals surface area contributed by atoms with Gasteiger partial charge in [0.2, 0.25) is 0 Å². The van der Waals surface area contributed by atoms with E-state index < -0.39 is 10.0 Å². The van der Waals surface area contributed by atoms with E-state index in [0.717, 1.165) is 11.4 Å². The van der Waals surface area contributed by atoms with E-state index in [1.54, 1.807) is 30.3 Å². The molecule has 3 rings (SSSR count). The summed E-state index contributed by atoms with van der Waals surface area (Å²) in [5.74, 6) is 0. The van der Waals surface area contributed by atoms with Crippen LogP contribution in [0.3, 0.4) is 0 Å². The summed E-state index contributed by atoms with van der Waals surface area (Å²) >= 11 is 0. The van der Waals surface area contributed by atoms with Crippen LogP contribution in [-0.2, 0) is 10.0 Å². The fourth-order valence-electron chi connectivity index (χ4n) is 2.30. The van der Waals surface area contributed by atoms with E-state index in [1.165, 1.54) is 12.1 Å². The molecule has 1 heterocycles. The molecule has 1 N–H and O–H groups in total. The average molecular weight is 338 g/mol. The molecule has 0 saturated carbocycles. The largest absolute Gasteiger partial charge is 0.280 e. The third-order valence-corrected chi connectivity index (χ3v) is 5.06. The summed E-state index contributed by atoms with van der Waals surface area (Å²) in [6, 6.07) is 12.9. The number of hydrogen-bond acceptors (Lipinski definition) is 5. The lowest BCUT2D eigenvalue weighted by atomic mass is 10.2. The third kappa shape index (κ3) is 2.92. The van der Waals surface area contributed by atoms with Gasteiger partial charge >= 0.3 is 0 Å². The maximum Gasteiger partial charge on any atom is 0.263 e. The molecule has 0 spiro atoms. The quantitative estimate of drug-likeness (QED) is 0.792. The molecule has 0 fully saturated rings. The molecule has 0 aliphatic heterocycles. The molecule has 7 heteroatoms. The first-order valence-corrected chi connectivity index (χ1v) is 8.66. The van der Waals surface area contributed by atoms with E-state index >= 15 is 0 Å². The van der Waals surface area contributed by atoms with Gasteiger partial charge in [0.25, 0.3) is 10.0 Å². The summed E-state index contributed by atoms with van der Waals surface area (Å²) in [4.78, 5) is 8.78. The Morgan fingerprint density at radius 3 is 2.38 bits per heavy atom. The van der Waals surface area contributed by atoms with Crippen molar-refractivity contribution in [3.8, 4) is 6.07 Å². The van der Waals surface area contributed by atoms with Gasteiger partial charge in [-0.2, -0.15) is 5.26 Å². The van der Waals surface area contributed by atoms with Gasteiger partial charge in [-0.15, -0.1) is 0 Å². The van der Waals surface area contributed by atoms with Crippen LogP contribution < -0.4 is 4.72 Å². The van der Waals surface area contributed by atoms with Crippen molar-refractivity contribution in [1.29, 1.82) is 5.26 Å². The molecule has 1 aromatic heterocycles. The Morgan fingerprint density at radius 2 is 1.67 bits per heavy atom. The van der Waals surface area contributed by atoms with Crippen LogP contribution in [0.15, 0.2) is 47.4 Å². The minimum absolute atomic E-state index is 0.0567. The zero-order valence-corrected chi connectivity index (χ0v) is 13.9. The van der Waals surface area contributed by atoms with Crippen LogP contribution in [0.25, 0.3) is 11.0 Å². The van der Waals surface area contributed by atoms with Crippen LogP contribution in [0.2, 0.25) is 0 Å². The highest BCUT2D eigenvalue weighted by Crippen LogP contribution is 2.22. The lowest BCUT2D eigenvalue weighted by Gasteiger charge is -2.10. The number of anilines is 1. The molecule has 0 atom stereocenters. The number of hydrogen-bond donors (Lipinski definition) is 1. The molecule has 0 aliphatic carbocycles. The Balaban J connectivity index is 2.03. The smallest absolute Gasteiger partial charge is 0.263 e. The van der Waals surface area contributed by atoms with Gasteiger partial charge in [0.1, 0.15) is 11.0 Å². The first kappa shape index (κ1) is 15.9. The molecule has 0 bridgehead atoms. The molecule has 120 valence electrons. The van der Waals surface area contributed by atoms with Crippen molar-refractivity contribution in [2.24, 2.45) is 0 Å². The van der Waals surface area contributed by atoms with Gasteiger partial charge in [0.15, 0.2) is 0 Å². The second-order valence-electron chi connectivity index (χ2n) is 5.31. The molecule has 3 aromatic rings. The number of benzene rings is 2. The maximum absolute atomic E-state index is 12.5. The van der Waals surface area contributed by atoms with Gasteiger partial charge < -0.3 is 0 Å². The number of fused-ring (bicyclic) bond motifs is 1. The van der Waals surface area contributed by atoms with E-state index in [1.807, 2.05) is 19.9 Å². The van der Waals surface area contributed by atoms with E-state index in [2.05, 4.69) is 14.7 Å². The first-order chi connectivity index (χ1) is 11.4. The van der Waals surface area contributed by atoms with Crippen LogP contribution in [0, 0.1) is 25.2 Å². The van der Waals surface area contributed by atoms with Crippen molar-refractivity contribution in [3.05, 3.63) is 59.4 Å². The van der Waals surface area contributed by atoms with Gasteiger partial charge in [-0.05, 0) is 44.2 Å². The van der Waals surface area contributed by atoms with E-state index in [9.17, 15) is 8.42 Å². The molecule has 0 saturated heterocycles. The minimum atomic E-state index is -3.86. The first-order valence-electron chi connectivity index (χ1n) is 7.17. The summed E-state index contributed by atoms with van der Waals surface area (Å²) in [7, 11) is -3.86. The van der Waals surface area contributed by atoms with Gasteiger partial charge in [-0.1, -0.05) is 12.1 Å². The van der Waals surface area contributed by atoms with Crippen LogP contribution in [0.5, 0.6) is 0 Å². The predicted octanol–water partition coefficient (Wildman–Crippen LogP) is 2.92. The number of aryl methyl sites for hydroxylation is 2. The number of sulfonamides is 1. The lowest BCUT2D eigenvalue weighted by molar-refractivity contribution is 0.601. The Bertz CT molecular complexity index is 1090. The van der Waals surface area contributed by atoms with Crippen molar-refractivity contribution in [2.75, 3.05) is 4.72 Å². The molecular weight excluding hydrogens is 324 g/mol. The third-order valence-electron chi connectivity index (χ3n) is 3.62. The van der Waals surface area contributed by atoms with Crippen LogP contribution >= 0.6 is 0 Å². The summed E-state index contributed by atoms with van der Waals surface area (Å²) in [5, 5.41) is 9.09. The minimum Gasteiger partial charge on any atom is -0.280 e. The van der Waals surface area contributed by atoms with Crippen LogP contribution in [0.4, 0.5) is 5.69 Å². The monoisotopic (exact) mass is 338 g/mol. The molecule has 0 radical (unpaired) electrons. The second kappa shape index (κ2) is 5.91. The zero-order chi connectivity index (χ0) is 17.3. The Kier molecular flexibility index (Phi) is 3.91. The van der Waals surface area contributed by atoms with E-state index in [4.69, 9.17) is 5.26 Å². The molecule has 0 aliphatic rings. The number of nitrogens with one attached hydrogen (secondary N) is 1. The molecule has 2 aromatic carbocycles. The SMILES string of the molecule is Cc1nc2ccc(NS(=O)(=O)c3ccccc3C#N)cc2nc1C. The van der Waals surface area contributed by atoms with Crippen molar-refractivity contribution in [3.63, 3.8) is 0 Å². The molecular formula is C17H14N4O2S. The number of aromatic nitrogens is 2. The van der Waals surface area contributed by atoms with Crippen molar-refractivity contribution < 1.29 is 8.42 Å². The highest BCUT2D eigenvalue weighted by molar-refractivity contribution is 7.92. The van der Waals surface area contributed by atoms with Crippen molar-refractivity contribution in [2.45, 2.75) is 18.7 Å². The highest BCUT2D eigenvalue weighted by atomic mass is 32.2. The van der Waals surface area contributed by atoms with Crippen LogP contribution in [-0.4, -0.2) is 18.4 Å². The van der Waals surface area contributed by atoms with E-state index in [-0.39, 0.29) is 10.5 Å². The van der Waals surface area contributed by atoms with Gasteiger partial charge in [-0.25, -0.2) is 18.4 Å². The van der Waals surface area contributed by atoms with Gasteiger partial charge in [0, 0.05) is 0 Å². The highest BCUT2D eigenvalue weighted by Gasteiger charge is 2.18. The predicted molar refractivity (Wildman–Crippen MR) is 91.0 cm³/mol. The number of nitrogens with zero attached hydrogens (tertiary/aromatic N) is 3. The van der Waals surface area contributed by atoms with Crippen molar-refractivity contribution >= 4 is 26.7 Å². The summed E-state index contributed by atoms with van der Waals surface area (Å²) in [5.41, 5.74) is 3.38. The zero-order valence-electron chi connectivity index (χ0n) is 13.1. The van der Waals surface area contributed by atoms with Gasteiger partial charge in [0.05, 0.1) is 33.7 Å².